The number of anilines is 1. The summed E-state index contributed by atoms with van der Waals surface area (Å²) in [6.07, 6.45) is 13.1. The fourth-order valence-electron chi connectivity index (χ4n) is 6.15. The predicted octanol–water partition coefficient (Wildman–Crippen LogP) is 4.41. The monoisotopic (exact) mass is 459 g/mol. The van der Waals surface area contributed by atoms with Crippen LogP contribution >= 0.6 is 11.3 Å². The van der Waals surface area contributed by atoms with E-state index < -0.39 is 0 Å². The minimum absolute atomic E-state index is 0.0224. The number of thiophene rings is 1. The molecule has 3 atom stereocenters. The first-order valence-corrected chi connectivity index (χ1v) is 12.7. The van der Waals surface area contributed by atoms with Gasteiger partial charge in [0.15, 0.2) is 0 Å². The van der Waals surface area contributed by atoms with E-state index in [1.54, 1.807) is 6.33 Å². The van der Waals surface area contributed by atoms with Crippen molar-refractivity contribution in [2.75, 3.05) is 25.0 Å². The zero-order valence-corrected chi connectivity index (χ0v) is 19.9. The van der Waals surface area contributed by atoms with Crippen LogP contribution < -0.4 is 10.2 Å². The number of nitrogens with one attached hydrogen (secondary N) is 1. The normalized spacial score (nSPS) is 24.0. The van der Waals surface area contributed by atoms with Crippen molar-refractivity contribution in [1.29, 1.82) is 0 Å². The first-order chi connectivity index (χ1) is 16.1. The molecule has 0 aromatic carbocycles. The highest BCUT2D eigenvalue weighted by Gasteiger charge is 2.62. The van der Waals surface area contributed by atoms with Gasteiger partial charge in [0.05, 0.1) is 10.3 Å². The third kappa shape index (κ3) is 3.44. The zero-order valence-electron chi connectivity index (χ0n) is 19.1. The van der Waals surface area contributed by atoms with Crippen LogP contribution in [0.3, 0.4) is 0 Å². The Bertz CT molecular complexity index is 1230. The first kappa shape index (κ1) is 20.8. The van der Waals surface area contributed by atoms with Crippen LogP contribution in [0, 0.1) is 30.1 Å². The van der Waals surface area contributed by atoms with E-state index >= 15 is 0 Å². The Kier molecular flexibility index (Phi) is 4.98. The topological polar surface area (TPSA) is 71.0 Å². The predicted molar refractivity (Wildman–Crippen MR) is 132 cm³/mol. The first-order valence-electron chi connectivity index (χ1n) is 11.9. The van der Waals surface area contributed by atoms with Gasteiger partial charge in [-0.15, -0.1) is 11.3 Å². The number of pyridine rings is 1. The smallest absolute Gasteiger partial charge is 0.261 e. The van der Waals surface area contributed by atoms with E-state index in [2.05, 4.69) is 37.3 Å². The summed E-state index contributed by atoms with van der Waals surface area (Å²) in [5.74, 6) is 2.88. The number of allylic oxidation sites excluding steroid dienone is 2. The summed E-state index contributed by atoms with van der Waals surface area (Å²) >= 11 is 1.47. The van der Waals surface area contributed by atoms with Crippen LogP contribution in [0.4, 0.5) is 5.82 Å². The van der Waals surface area contributed by atoms with Gasteiger partial charge in [0.2, 0.25) is 0 Å². The Labute approximate surface area is 198 Å². The maximum absolute atomic E-state index is 13.2. The molecule has 0 unspecified atom stereocenters. The number of rotatable bonds is 7. The van der Waals surface area contributed by atoms with Gasteiger partial charge in [-0.25, -0.2) is 9.97 Å². The van der Waals surface area contributed by atoms with Gasteiger partial charge in [-0.05, 0) is 67.1 Å². The molecule has 170 valence electrons. The minimum Gasteiger partial charge on any atom is -0.359 e. The number of amides is 1. The van der Waals surface area contributed by atoms with Crippen LogP contribution in [0.2, 0.25) is 0 Å². The van der Waals surface area contributed by atoms with Crippen molar-refractivity contribution in [2.24, 2.45) is 23.2 Å². The maximum atomic E-state index is 13.2. The third-order valence-electron chi connectivity index (χ3n) is 8.07. The molecular weight excluding hydrogens is 430 g/mol. The van der Waals surface area contributed by atoms with E-state index in [1.165, 1.54) is 30.6 Å². The van der Waals surface area contributed by atoms with Crippen molar-refractivity contribution in [3.8, 4) is 0 Å². The molecule has 6 rings (SSSR count). The van der Waals surface area contributed by atoms with Gasteiger partial charge in [-0.3, -0.25) is 9.78 Å². The lowest BCUT2D eigenvalue weighted by atomic mass is 9.89. The number of aryl methyl sites for hydroxylation is 1. The van der Waals surface area contributed by atoms with E-state index in [-0.39, 0.29) is 5.91 Å². The summed E-state index contributed by atoms with van der Waals surface area (Å²) in [5, 5.41) is 4.24. The molecule has 6 nitrogen and oxygen atoms in total. The molecule has 0 saturated heterocycles. The quantitative estimate of drug-likeness (QED) is 0.530. The molecule has 2 fully saturated rings. The molecule has 2 saturated carbocycles. The molecule has 3 aliphatic carbocycles. The van der Waals surface area contributed by atoms with Gasteiger partial charge in [0.25, 0.3) is 5.91 Å². The van der Waals surface area contributed by atoms with Crippen molar-refractivity contribution in [2.45, 2.75) is 32.6 Å². The second kappa shape index (κ2) is 7.90. The number of fused-ring (bicyclic) bond motifs is 1. The summed E-state index contributed by atoms with van der Waals surface area (Å²) in [7, 11) is 2.04. The fourth-order valence-corrected chi connectivity index (χ4v) is 7.21. The second-order valence-electron chi connectivity index (χ2n) is 9.88. The molecule has 0 radical (unpaired) electrons. The Morgan fingerprint density at radius 2 is 2.12 bits per heavy atom. The van der Waals surface area contributed by atoms with E-state index in [0.717, 1.165) is 57.6 Å². The number of carbonyl (C=O) groups is 1. The van der Waals surface area contributed by atoms with Crippen molar-refractivity contribution in [3.63, 3.8) is 0 Å². The van der Waals surface area contributed by atoms with Gasteiger partial charge in [-0.2, -0.15) is 0 Å². The number of nitrogens with zero attached hydrogens (tertiary/aromatic N) is 4. The number of hydrogen-bond donors (Lipinski definition) is 1. The number of hydrogen-bond acceptors (Lipinski definition) is 6. The lowest BCUT2D eigenvalue weighted by Crippen LogP contribution is -2.31. The maximum Gasteiger partial charge on any atom is 0.261 e. The Hall–Kier alpha value is -2.80. The Morgan fingerprint density at radius 3 is 2.88 bits per heavy atom. The molecule has 1 N–H and O–H groups in total. The summed E-state index contributed by atoms with van der Waals surface area (Å²) in [6.45, 7) is 3.58. The minimum atomic E-state index is 0.0224. The van der Waals surface area contributed by atoms with Gasteiger partial charge >= 0.3 is 0 Å². The highest BCUT2D eigenvalue weighted by molar-refractivity contribution is 7.20. The van der Waals surface area contributed by atoms with Crippen molar-refractivity contribution in [1.82, 2.24) is 20.3 Å². The SMILES string of the molecule is Cc1c(C(=O)NC[C@@H]2C[C@@H]3C=C[C@@H]2C32CC2)sc2ncnc(N(C)CCc3ccccn3)c12. The van der Waals surface area contributed by atoms with Crippen LogP contribution in [0.1, 0.15) is 40.2 Å². The summed E-state index contributed by atoms with van der Waals surface area (Å²) < 4.78 is 0. The number of likely N-dealkylation sites (N-methyl/N-ethyl adjacent to an activating group) is 1. The Balaban J connectivity index is 1.17. The lowest BCUT2D eigenvalue weighted by molar-refractivity contribution is 0.0947. The van der Waals surface area contributed by atoms with Crippen molar-refractivity contribution >= 4 is 33.3 Å². The van der Waals surface area contributed by atoms with Gasteiger partial charge in [0, 0.05) is 38.4 Å². The third-order valence-corrected chi connectivity index (χ3v) is 9.27. The largest absolute Gasteiger partial charge is 0.359 e. The van der Waals surface area contributed by atoms with Crippen molar-refractivity contribution < 1.29 is 4.79 Å². The molecule has 1 spiro atoms. The molecular formula is C26H29N5OS. The average molecular weight is 460 g/mol. The molecule has 3 aromatic rings. The highest BCUT2D eigenvalue weighted by Crippen LogP contribution is 2.69. The van der Waals surface area contributed by atoms with Crippen LogP contribution in [-0.2, 0) is 6.42 Å². The van der Waals surface area contributed by atoms with E-state index in [4.69, 9.17) is 0 Å². The molecule has 1 amide bonds. The van der Waals surface area contributed by atoms with Crippen LogP contribution in [-0.4, -0.2) is 41.0 Å². The van der Waals surface area contributed by atoms with Crippen LogP contribution in [0.5, 0.6) is 0 Å². The standard InChI is InChI=1S/C26H29N5OS/c1-16-21-23(31(2)12-8-19-5-3-4-11-27-19)29-15-30-25(21)33-22(16)24(32)28-14-17-13-18-6-7-20(17)26(18)9-10-26/h3-7,11,15,17-18,20H,8-10,12-14H2,1-2H3,(H,28,32)/t17-,18-,20-/m0/s1. The molecule has 33 heavy (non-hydrogen) atoms. The number of aromatic nitrogens is 3. The molecule has 3 aliphatic rings. The summed E-state index contributed by atoms with van der Waals surface area (Å²) in [6, 6.07) is 5.98. The van der Waals surface area contributed by atoms with Gasteiger partial charge in [0.1, 0.15) is 17.0 Å². The van der Waals surface area contributed by atoms with E-state index in [9.17, 15) is 4.79 Å². The fraction of sp³-hybridized carbons (Fsp3) is 0.462. The summed E-state index contributed by atoms with van der Waals surface area (Å²) in [4.78, 5) is 30.4. The van der Waals surface area contributed by atoms with E-state index in [0.29, 0.717) is 17.3 Å². The highest BCUT2D eigenvalue weighted by atomic mass is 32.1. The summed E-state index contributed by atoms with van der Waals surface area (Å²) in [5.41, 5.74) is 2.59. The van der Waals surface area contributed by atoms with Gasteiger partial charge < -0.3 is 10.2 Å². The molecule has 3 aromatic heterocycles. The molecule has 7 heteroatoms. The Morgan fingerprint density at radius 1 is 1.24 bits per heavy atom. The average Bonchev–Trinajstić information content (AvgIpc) is 3.39. The van der Waals surface area contributed by atoms with Crippen molar-refractivity contribution in [3.05, 3.63) is 59.0 Å². The van der Waals surface area contributed by atoms with Crippen LogP contribution in [0.15, 0.2) is 42.9 Å². The second-order valence-corrected chi connectivity index (χ2v) is 10.9. The number of carbonyl (C=O) groups excluding carboxylic acids is 1. The molecule has 3 heterocycles. The molecule has 2 bridgehead atoms. The molecule has 0 aliphatic heterocycles. The van der Waals surface area contributed by atoms with Crippen LogP contribution in [0.25, 0.3) is 10.2 Å². The van der Waals surface area contributed by atoms with Gasteiger partial charge in [-0.1, -0.05) is 18.2 Å². The zero-order chi connectivity index (χ0) is 22.6. The lowest BCUT2D eigenvalue weighted by Gasteiger charge is -2.20. The van der Waals surface area contributed by atoms with E-state index in [1.807, 2.05) is 38.4 Å².